The lowest BCUT2D eigenvalue weighted by atomic mass is 10.0. The fourth-order valence-electron chi connectivity index (χ4n) is 3.42. The molecule has 1 aromatic heterocycles. The van der Waals surface area contributed by atoms with Gasteiger partial charge in [-0.2, -0.15) is 0 Å². The zero-order chi connectivity index (χ0) is 13.2. The molecule has 4 heteroatoms. The van der Waals surface area contributed by atoms with Crippen LogP contribution in [0.5, 0.6) is 0 Å². The van der Waals surface area contributed by atoms with Crippen molar-refractivity contribution >= 4 is 17.3 Å². The number of hydrogen-bond donors (Lipinski definition) is 1. The molecule has 1 aliphatic heterocycles. The minimum Gasteiger partial charge on any atom is -0.370 e. The van der Waals surface area contributed by atoms with E-state index in [-0.39, 0.29) is 0 Å². The van der Waals surface area contributed by atoms with Gasteiger partial charge in [0, 0.05) is 10.9 Å². The van der Waals surface area contributed by atoms with Gasteiger partial charge >= 0.3 is 0 Å². The molecule has 104 valence electrons. The Morgan fingerprint density at radius 1 is 1.26 bits per heavy atom. The van der Waals surface area contributed by atoms with Crippen molar-refractivity contribution < 1.29 is 0 Å². The molecule has 1 aliphatic carbocycles. The smallest absolute Gasteiger partial charge is 0.192 e. The summed E-state index contributed by atoms with van der Waals surface area (Å²) in [4.78, 5) is 8.40. The van der Waals surface area contributed by atoms with Crippen LogP contribution in [0.25, 0.3) is 0 Å². The van der Waals surface area contributed by atoms with Crippen molar-refractivity contribution in [3.05, 3.63) is 21.9 Å². The van der Waals surface area contributed by atoms with Gasteiger partial charge in [-0.25, -0.2) is 0 Å². The summed E-state index contributed by atoms with van der Waals surface area (Å²) in [5, 5.41) is 2.18. The summed E-state index contributed by atoms with van der Waals surface area (Å²) in [6.45, 7) is 3.04. The van der Waals surface area contributed by atoms with Crippen molar-refractivity contribution in [3.8, 4) is 0 Å². The van der Waals surface area contributed by atoms with Crippen molar-refractivity contribution in [1.82, 2.24) is 4.90 Å². The van der Waals surface area contributed by atoms with Gasteiger partial charge in [-0.3, -0.25) is 4.99 Å². The fraction of sp³-hybridized carbons (Fsp3) is 0.667. The fourth-order valence-corrected chi connectivity index (χ4v) is 4.44. The molecule has 1 fully saturated rings. The highest BCUT2D eigenvalue weighted by atomic mass is 32.1. The average molecular weight is 277 g/mol. The number of guanidine groups is 1. The molecule has 1 unspecified atom stereocenters. The van der Waals surface area contributed by atoms with E-state index < -0.39 is 0 Å². The lowest BCUT2D eigenvalue weighted by molar-refractivity contribution is 0.239. The SMILES string of the molecule is Cc1ccsc1C1CN=C(N)N1C1CCCCCC1. The van der Waals surface area contributed by atoms with E-state index >= 15 is 0 Å². The van der Waals surface area contributed by atoms with Crippen LogP contribution in [0, 0.1) is 6.92 Å². The van der Waals surface area contributed by atoms with Gasteiger partial charge in [-0.1, -0.05) is 25.7 Å². The van der Waals surface area contributed by atoms with E-state index in [2.05, 4.69) is 28.3 Å². The van der Waals surface area contributed by atoms with Gasteiger partial charge in [0.1, 0.15) is 0 Å². The van der Waals surface area contributed by atoms with Crippen LogP contribution in [0.1, 0.15) is 55.0 Å². The van der Waals surface area contributed by atoms with Crippen LogP contribution in [0.15, 0.2) is 16.4 Å². The van der Waals surface area contributed by atoms with Crippen LogP contribution in [-0.4, -0.2) is 23.4 Å². The number of rotatable bonds is 2. The first-order valence-corrected chi connectivity index (χ1v) is 8.27. The summed E-state index contributed by atoms with van der Waals surface area (Å²) in [5.74, 6) is 0.768. The van der Waals surface area contributed by atoms with Gasteiger partial charge in [-0.05, 0) is 36.8 Å². The molecule has 2 aliphatic rings. The second-order valence-electron chi connectivity index (χ2n) is 5.74. The molecule has 0 saturated heterocycles. The van der Waals surface area contributed by atoms with Crippen molar-refractivity contribution in [2.45, 2.75) is 57.5 Å². The molecule has 1 atom stereocenters. The summed E-state index contributed by atoms with van der Waals surface area (Å²) in [7, 11) is 0. The van der Waals surface area contributed by atoms with Crippen LogP contribution in [0.3, 0.4) is 0 Å². The number of hydrogen-bond acceptors (Lipinski definition) is 4. The largest absolute Gasteiger partial charge is 0.370 e. The van der Waals surface area contributed by atoms with Crippen molar-refractivity contribution in [1.29, 1.82) is 0 Å². The van der Waals surface area contributed by atoms with Crippen molar-refractivity contribution in [2.24, 2.45) is 10.7 Å². The van der Waals surface area contributed by atoms with Crippen molar-refractivity contribution in [3.63, 3.8) is 0 Å². The van der Waals surface area contributed by atoms with Crippen molar-refractivity contribution in [2.75, 3.05) is 6.54 Å². The Labute approximate surface area is 119 Å². The number of aryl methyl sites for hydroxylation is 1. The van der Waals surface area contributed by atoms with Gasteiger partial charge in [0.15, 0.2) is 5.96 Å². The van der Waals surface area contributed by atoms with Gasteiger partial charge in [0.05, 0.1) is 12.6 Å². The van der Waals surface area contributed by atoms with E-state index in [0.29, 0.717) is 12.1 Å². The predicted octanol–water partition coefficient (Wildman–Crippen LogP) is 3.45. The number of thiophene rings is 1. The van der Waals surface area contributed by atoms with Gasteiger partial charge in [0.2, 0.25) is 0 Å². The van der Waals surface area contributed by atoms with E-state index in [1.54, 1.807) is 0 Å². The highest BCUT2D eigenvalue weighted by molar-refractivity contribution is 7.10. The monoisotopic (exact) mass is 277 g/mol. The average Bonchev–Trinajstić information content (AvgIpc) is 2.87. The van der Waals surface area contributed by atoms with E-state index in [0.717, 1.165) is 12.5 Å². The zero-order valence-corrected chi connectivity index (χ0v) is 12.5. The first-order valence-electron chi connectivity index (χ1n) is 7.39. The van der Waals surface area contributed by atoms with Gasteiger partial charge in [0.25, 0.3) is 0 Å². The number of nitrogens with two attached hydrogens (primary N) is 1. The van der Waals surface area contributed by atoms with Gasteiger partial charge < -0.3 is 10.6 Å². The molecule has 19 heavy (non-hydrogen) atoms. The molecule has 0 spiro atoms. The van der Waals surface area contributed by atoms with E-state index in [1.165, 1.54) is 49.0 Å². The quantitative estimate of drug-likeness (QED) is 0.841. The Morgan fingerprint density at radius 2 is 2.00 bits per heavy atom. The minimum absolute atomic E-state index is 0.392. The summed E-state index contributed by atoms with van der Waals surface area (Å²) >= 11 is 1.85. The number of aliphatic imine (C=N–C) groups is 1. The van der Waals surface area contributed by atoms with Gasteiger partial charge in [-0.15, -0.1) is 11.3 Å². The lowest BCUT2D eigenvalue weighted by Gasteiger charge is -2.34. The standard InChI is InChI=1S/C15H23N3S/c1-11-8-9-19-14(11)13-10-17-15(16)18(13)12-6-4-2-3-5-7-12/h8-9,12-13H,2-7,10H2,1H3,(H2,16,17). The summed E-state index contributed by atoms with van der Waals surface area (Å²) in [6.07, 6.45) is 7.98. The Kier molecular flexibility index (Phi) is 3.78. The Hall–Kier alpha value is -1.03. The third-order valence-corrected chi connectivity index (χ3v) is 5.57. The van der Waals surface area contributed by atoms with Crippen LogP contribution < -0.4 is 5.73 Å². The molecule has 0 aromatic carbocycles. The second-order valence-corrected chi connectivity index (χ2v) is 6.68. The summed E-state index contributed by atoms with van der Waals surface area (Å²) in [5.41, 5.74) is 7.58. The maximum atomic E-state index is 6.19. The highest BCUT2D eigenvalue weighted by Gasteiger charge is 2.34. The molecule has 1 aromatic rings. The van der Waals surface area contributed by atoms with E-state index in [1.807, 2.05) is 11.3 Å². The molecule has 2 heterocycles. The topological polar surface area (TPSA) is 41.6 Å². The molecular weight excluding hydrogens is 254 g/mol. The Morgan fingerprint density at radius 3 is 2.63 bits per heavy atom. The molecule has 3 nitrogen and oxygen atoms in total. The summed E-state index contributed by atoms with van der Waals surface area (Å²) < 4.78 is 0. The first kappa shape index (κ1) is 13.0. The maximum Gasteiger partial charge on any atom is 0.192 e. The van der Waals surface area contributed by atoms with Crippen LogP contribution in [0.2, 0.25) is 0 Å². The molecule has 1 saturated carbocycles. The lowest BCUT2D eigenvalue weighted by Crippen LogP contribution is -2.43. The highest BCUT2D eigenvalue weighted by Crippen LogP contribution is 2.36. The second kappa shape index (κ2) is 5.53. The Bertz CT molecular complexity index is 458. The minimum atomic E-state index is 0.392. The zero-order valence-electron chi connectivity index (χ0n) is 11.6. The third kappa shape index (κ3) is 2.50. The first-order chi connectivity index (χ1) is 9.27. The maximum absolute atomic E-state index is 6.19. The molecule has 0 amide bonds. The third-order valence-electron chi connectivity index (χ3n) is 4.45. The van der Waals surface area contributed by atoms with E-state index in [4.69, 9.17) is 5.73 Å². The number of nitrogens with zero attached hydrogens (tertiary/aromatic N) is 2. The normalized spacial score (nSPS) is 25.4. The summed E-state index contributed by atoms with van der Waals surface area (Å²) in [6, 6.07) is 3.20. The van der Waals surface area contributed by atoms with Crippen LogP contribution in [0.4, 0.5) is 0 Å². The molecule has 0 bridgehead atoms. The molecule has 0 radical (unpaired) electrons. The molecular formula is C15H23N3S. The predicted molar refractivity (Wildman–Crippen MR) is 81.6 cm³/mol. The Balaban J connectivity index is 1.83. The molecule has 2 N–H and O–H groups in total. The van der Waals surface area contributed by atoms with Crippen LogP contribution in [-0.2, 0) is 0 Å². The van der Waals surface area contributed by atoms with Crippen LogP contribution >= 0.6 is 11.3 Å². The van der Waals surface area contributed by atoms with E-state index in [9.17, 15) is 0 Å². The molecule has 3 rings (SSSR count).